The number of hydrogen-bond acceptors (Lipinski definition) is 3. The fraction of sp³-hybridized carbons (Fsp3) is 1.00. The summed E-state index contributed by atoms with van der Waals surface area (Å²) in [5.41, 5.74) is 0.326. The first-order valence-electron chi connectivity index (χ1n) is 6.02. The number of ether oxygens (including phenoxy) is 1. The molecular weight excluding hydrogens is 190 g/mol. The Labute approximate surface area is 92.4 Å². The average Bonchev–Trinajstić information content (AvgIpc) is 2.76. The van der Waals surface area contributed by atoms with Gasteiger partial charge in [-0.25, -0.2) is 0 Å². The summed E-state index contributed by atoms with van der Waals surface area (Å²) < 4.78 is 5.44. The first-order valence-corrected chi connectivity index (χ1v) is 6.02. The van der Waals surface area contributed by atoms with Crippen molar-refractivity contribution in [2.75, 3.05) is 32.9 Å². The SMILES string of the molecule is CC1(C)CCCN1CC1(CO)CCOC1. The van der Waals surface area contributed by atoms with E-state index >= 15 is 0 Å². The Morgan fingerprint density at radius 1 is 1.33 bits per heavy atom. The normalized spacial score (nSPS) is 36.2. The van der Waals surface area contributed by atoms with E-state index in [1.807, 2.05) is 0 Å². The zero-order chi connectivity index (χ0) is 10.9. The van der Waals surface area contributed by atoms with Gasteiger partial charge in [-0.2, -0.15) is 0 Å². The maximum atomic E-state index is 9.54. The zero-order valence-corrected chi connectivity index (χ0v) is 9.96. The van der Waals surface area contributed by atoms with Crippen molar-refractivity contribution in [3.05, 3.63) is 0 Å². The summed E-state index contributed by atoms with van der Waals surface area (Å²) in [7, 11) is 0. The number of rotatable bonds is 3. The summed E-state index contributed by atoms with van der Waals surface area (Å²) in [6.45, 7) is 8.59. The highest BCUT2D eigenvalue weighted by Crippen LogP contribution is 2.35. The van der Waals surface area contributed by atoms with Crippen molar-refractivity contribution < 1.29 is 9.84 Å². The minimum Gasteiger partial charge on any atom is -0.396 e. The molecule has 88 valence electrons. The fourth-order valence-corrected chi connectivity index (χ4v) is 2.81. The number of aliphatic hydroxyl groups excluding tert-OH is 1. The van der Waals surface area contributed by atoms with Crippen LogP contribution in [0.1, 0.15) is 33.1 Å². The van der Waals surface area contributed by atoms with Gasteiger partial charge in [-0.05, 0) is 39.7 Å². The smallest absolute Gasteiger partial charge is 0.0557 e. The monoisotopic (exact) mass is 213 g/mol. The molecule has 1 unspecified atom stereocenters. The summed E-state index contributed by atoms with van der Waals surface area (Å²) in [4.78, 5) is 2.53. The summed E-state index contributed by atoms with van der Waals surface area (Å²) in [5.74, 6) is 0. The van der Waals surface area contributed by atoms with Crippen LogP contribution in [0.5, 0.6) is 0 Å². The molecule has 2 saturated heterocycles. The minimum atomic E-state index is 0.0155. The van der Waals surface area contributed by atoms with Gasteiger partial charge in [0.05, 0.1) is 13.2 Å². The molecule has 0 spiro atoms. The molecule has 0 aliphatic carbocycles. The summed E-state index contributed by atoms with van der Waals surface area (Å²) in [6, 6.07) is 0. The molecule has 0 saturated carbocycles. The predicted octanol–water partition coefficient (Wildman–Crippen LogP) is 1.26. The molecule has 15 heavy (non-hydrogen) atoms. The highest BCUT2D eigenvalue weighted by molar-refractivity contribution is 4.94. The van der Waals surface area contributed by atoms with Gasteiger partial charge in [-0.3, -0.25) is 4.90 Å². The van der Waals surface area contributed by atoms with Gasteiger partial charge in [0, 0.05) is 24.1 Å². The van der Waals surface area contributed by atoms with E-state index in [1.54, 1.807) is 0 Å². The van der Waals surface area contributed by atoms with Crippen LogP contribution < -0.4 is 0 Å². The largest absolute Gasteiger partial charge is 0.396 e. The van der Waals surface area contributed by atoms with Gasteiger partial charge >= 0.3 is 0 Å². The van der Waals surface area contributed by atoms with E-state index < -0.39 is 0 Å². The zero-order valence-electron chi connectivity index (χ0n) is 9.96. The average molecular weight is 213 g/mol. The Morgan fingerprint density at radius 2 is 2.13 bits per heavy atom. The van der Waals surface area contributed by atoms with Crippen molar-refractivity contribution in [2.24, 2.45) is 5.41 Å². The number of nitrogens with zero attached hydrogens (tertiary/aromatic N) is 1. The molecule has 0 radical (unpaired) electrons. The van der Waals surface area contributed by atoms with Crippen LogP contribution in [0.2, 0.25) is 0 Å². The molecular formula is C12H23NO2. The van der Waals surface area contributed by atoms with Gasteiger partial charge in [0.25, 0.3) is 0 Å². The van der Waals surface area contributed by atoms with E-state index in [9.17, 15) is 5.11 Å². The Balaban J connectivity index is 2.00. The van der Waals surface area contributed by atoms with Gasteiger partial charge in [0.15, 0.2) is 0 Å². The van der Waals surface area contributed by atoms with Crippen LogP contribution in [-0.2, 0) is 4.74 Å². The van der Waals surface area contributed by atoms with E-state index in [0.29, 0.717) is 5.54 Å². The first-order chi connectivity index (χ1) is 7.08. The second-order valence-corrected chi connectivity index (χ2v) is 5.80. The van der Waals surface area contributed by atoms with Gasteiger partial charge in [0.1, 0.15) is 0 Å². The minimum absolute atomic E-state index is 0.0155. The Morgan fingerprint density at radius 3 is 2.60 bits per heavy atom. The highest BCUT2D eigenvalue weighted by Gasteiger charge is 2.41. The molecule has 3 heteroatoms. The van der Waals surface area contributed by atoms with Crippen molar-refractivity contribution in [3.8, 4) is 0 Å². The van der Waals surface area contributed by atoms with Gasteiger partial charge in [-0.15, -0.1) is 0 Å². The van der Waals surface area contributed by atoms with Crippen LogP contribution >= 0.6 is 0 Å². The van der Waals surface area contributed by atoms with Crippen LogP contribution in [0.3, 0.4) is 0 Å². The molecule has 2 fully saturated rings. The van der Waals surface area contributed by atoms with E-state index in [-0.39, 0.29) is 12.0 Å². The van der Waals surface area contributed by atoms with Crippen LogP contribution in [0.25, 0.3) is 0 Å². The summed E-state index contributed by atoms with van der Waals surface area (Å²) in [5, 5.41) is 9.54. The predicted molar refractivity (Wildman–Crippen MR) is 59.8 cm³/mol. The van der Waals surface area contributed by atoms with Crippen molar-refractivity contribution in [1.29, 1.82) is 0 Å². The van der Waals surface area contributed by atoms with Gasteiger partial charge in [0.2, 0.25) is 0 Å². The molecule has 1 N–H and O–H groups in total. The quantitative estimate of drug-likeness (QED) is 0.766. The number of hydrogen-bond donors (Lipinski definition) is 1. The fourth-order valence-electron chi connectivity index (χ4n) is 2.81. The number of aliphatic hydroxyl groups is 1. The van der Waals surface area contributed by atoms with Crippen molar-refractivity contribution in [2.45, 2.75) is 38.6 Å². The maximum Gasteiger partial charge on any atom is 0.0557 e. The molecule has 0 aromatic heterocycles. The highest BCUT2D eigenvalue weighted by atomic mass is 16.5. The standard InChI is InChI=1S/C12H23NO2/c1-11(2)4-3-6-13(11)8-12(9-14)5-7-15-10-12/h14H,3-10H2,1-2H3. The third kappa shape index (κ3) is 2.19. The lowest BCUT2D eigenvalue weighted by molar-refractivity contribution is 0.0358. The molecule has 3 nitrogen and oxygen atoms in total. The van der Waals surface area contributed by atoms with Crippen LogP contribution in [0.15, 0.2) is 0 Å². The second kappa shape index (κ2) is 4.04. The molecule has 0 aromatic carbocycles. The lowest BCUT2D eigenvalue weighted by atomic mass is 9.86. The second-order valence-electron chi connectivity index (χ2n) is 5.80. The van der Waals surface area contributed by atoms with Crippen molar-refractivity contribution in [3.63, 3.8) is 0 Å². The van der Waals surface area contributed by atoms with Crippen molar-refractivity contribution in [1.82, 2.24) is 4.90 Å². The molecule has 1 atom stereocenters. The van der Waals surface area contributed by atoms with Crippen LogP contribution in [0, 0.1) is 5.41 Å². The molecule has 2 heterocycles. The molecule has 2 aliphatic heterocycles. The van der Waals surface area contributed by atoms with E-state index in [2.05, 4.69) is 18.7 Å². The van der Waals surface area contributed by atoms with E-state index in [1.165, 1.54) is 19.4 Å². The van der Waals surface area contributed by atoms with Gasteiger partial charge < -0.3 is 9.84 Å². The molecule has 0 aromatic rings. The topological polar surface area (TPSA) is 32.7 Å². The third-order valence-electron chi connectivity index (χ3n) is 4.12. The third-order valence-corrected chi connectivity index (χ3v) is 4.12. The van der Waals surface area contributed by atoms with Gasteiger partial charge in [-0.1, -0.05) is 0 Å². The summed E-state index contributed by atoms with van der Waals surface area (Å²) >= 11 is 0. The number of likely N-dealkylation sites (tertiary alicyclic amines) is 1. The molecule has 2 rings (SSSR count). The molecule has 2 aliphatic rings. The molecule has 0 amide bonds. The lowest BCUT2D eigenvalue weighted by Gasteiger charge is -2.38. The maximum absolute atomic E-state index is 9.54. The Hall–Kier alpha value is -0.120. The van der Waals surface area contributed by atoms with Crippen LogP contribution in [-0.4, -0.2) is 48.5 Å². The first kappa shape index (κ1) is 11.4. The lowest BCUT2D eigenvalue weighted by Crippen LogP contribution is -2.47. The van der Waals surface area contributed by atoms with Crippen LogP contribution in [0.4, 0.5) is 0 Å². The molecule has 0 bridgehead atoms. The Bertz CT molecular complexity index is 222. The van der Waals surface area contributed by atoms with E-state index in [0.717, 1.165) is 26.2 Å². The Kier molecular flexibility index (Phi) is 3.06. The van der Waals surface area contributed by atoms with E-state index in [4.69, 9.17) is 4.74 Å². The van der Waals surface area contributed by atoms with Crippen molar-refractivity contribution >= 4 is 0 Å². The summed E-state index contributed by atoms with van der Waals surface area (Å²) in [6.07, 6.45) is 3.57.